The number of aliphatic imine (C=N–C) groups is 1. The van der Waals surface area contributed by atoms with Crippen LogP contribution in [-0.2, 0) is 16.0 Å². The van der Waals surface area contributed by atoms with Crippen LogP contribution in [0, 0.1) is 0 Å². The van der Waals surface area contributed by atoms with Gasteiger partial charge in [-0.2, -0.15) is 0 Å². The Kier molecular flexibility index (Phi) is 6.36. The topological polar surface area (TPSA) is 94.1 Å². The molecule has 0 spiro atoms. The number of nitrogens with zero attached hydrogens (tertiary/aromatic N) is 1. The van der Waals surface area contributed by atoms with Gasteiger partial charge in [0, 0.05) is 29.5 Å². The molecular weight excluding hydrogens is 424 g/mol. The zero-order valence-corrected chi connectivity index (χ0v) is 17.2. The van der Waals surface area contributed by atoms with E-state index < -0.39 is 17.6 Å². The Bertz CT molecular complexity index is 852. The lowest BCUT2D eigenvalue weighted by Gasteiger charge is -2.25. The molecule has 0 aliphatic carbocycles. The molecule has 148 valence electrons. The molecule has 6 nitrogen and oxygen atoms in total. The number of carbonyl (C=O) groups is 1. The fourth-order valence-electron chi connectivity index (χ4n) is 3.08. The number of aliphatic hydroxyl groups excluding tert-OH is 1. The molecule has 28 heavy (non-hydrogen) atoms. The smallest absolute Gasteiger partial charge is 0.249 e. The van der Waals surface area contributed by atoms with Crippen molar-refractivity contribution in [3.05, 3.63) is 64.1 Å². The highest BCUT2D eigenvalue weighted by Crippen LogP contribution is 2.32. The Morgan fingerprint density at radius 1 is 1.25 bits per heavy atom. The van der Waals surface area contributed by atoms with E-state index in [1.165, 1.54) is 0 Å². The van der Waals surface area contributed by atoms with Crippen LogP contribution in [0.4, 0.5) is 0 Å². The minimum Gasteiger partial charge on any atom is -0.494 e. The monoisotopic (exact) mass is 446 g/mol. The number of primary amides is 1. The second kappa shape index (κ2) is 8.75. The summed E-state index contributed by atoms with van der Waals surface area (Å²) >= 11 is 3.41. The molecule has 0 saturated carbocycles. The Hall–Kier alpha value is -2.38. The van der Waals surface area contributed by atoms with E-state index in [0.717, 1.165) is 15.6 Å². The number of halogens is 1. The van der Waals surface area contributed by atoms with Crippen molar-refractivity contribution in [2.24, 2.45) is 10.7 Å². The number of ether oxygens (including phenoxy) is 2. The van der Waals surface area contributed by atoms with Gasteiger partial charge in [-0.25, -0.2) is 4.99 Å². The lowest BCUT2D eigenvalue weighted by molar-refractivity contribution is -0.125. The van der Waals surface area contributed by atoms with Crippen LogP contribution in [0.5, 0.6) is 5.75 Å². The van der Waals surface area contributed by atoms with Crippen molar-refractivity contribution in [1.82, 2.24) is 0 Å². The van der Waals surface area contributed by atoms with Crippen molar-refractivity contribution in [3.63, 3.8) is 0 Å². The maximum atomic E-state index is 12.4. The summed E-state index contributed by atoms with van der Waals surface area (Å²) in [5.41, 5.74) is 6.31. The maximum absolute atomic E-state index is 12.4. The van der Waals surface area contributed by atoms with E-state index in [4.69, 9.17) is 20.3 Å². The summed E-state index contributed by atoms with van der Waals surface area (Å²) < 4.78 is 12.4. The molecule has 0 fully saturated rings. The van der Waals surface area contributed by atoms with Crippen molar-refractivity contribution in [3.8, 4) is 5.75 Å². The van der Waals surface area contributed by atoms with Crippen molar-refractivity contribution >= 4 is 27.7 Å². The first kappa shape index (κ1) is 20.4. The highest BCUT2D eigenvalue weighted by molar-refractivity contribution is 9.10. The number of carbonyl (C=O) groups excluding carboxylic acids is 1. The zero-order chi connectivity index (χ0) is 20.1. The van der Waals surface area contributed by atoms with E-state index in [1.807, 2.05) is 55.5 Å². The first-order valence-corrected chi connectivity index (χ1v) is 9.89. The predicted octanol–water partition coefficient (Wildman–Crippen LogP) is 2.84. The highest BCUT2D eigenvalue weighted by atomic mass is 79.9. The Morgan fingerprint density at radius 3 is 2.54 bits per heavy atom. The van der Waals surface area contributed by atoms with Gasteiger partial charge < -0.3 is 20.3 Å². The zero-order valence-electron chi connectivity index (χ0n) is 15.6. The van der Waals surface area contributed by atoms with E-state index >= 15 is 0 Å². The van der Waals surface area contributed by atoms with Crippen LogP contribution in [0.2, 0.25) is 0 Å². The van der Waals surface area contributed by atoms with Crippen LogP contribution < -0.4 is 10.5 Å². The summed E-state index contributed by atoms with van der Waals surface area (Å²) in [7, 11) is 0. The van der Waals surface area contributed by atoms with Crippen molar-refractivity contribution in [2.75, 3.05) is 13.2 Å². The second-order valence-corrected chi connectivity index (χ2v) is 7.63. The summed E-state index contributed by atoms with van der Waals surface area (Å²) in [4.78, 5) is 17.0. The number of nitrogens with two attached hydrogens (primary N) is 1. The minimum atomic E-state index is -1.15. The van der Waals surface area contributed by atoms with Crippen molar-refractivity contribution in [1.29, 1.82) is 0 Å². The van der Waals surface area contributed by atoms with Crippen molar-refractivity contribution in [2.45, 2.75) is 31.4 Å². The number of benzene rings is 2. The average molecular weight is 447 g/mol. The molecule has 7 heteroatoms. The lowest BCUT2D eigenvalue weighted by atomic mass is 9.86. The molecule has 0 unspecified atom stereocenters. The standard InChI is InChI=1S/C21H23BrN2O4/c1-14-21(20(23)26,13-15-3-7-17(22)8-4-15)24-19(28-14)16-5-9-18(10-6-16)27-12-2-11-25/h3-10,14,25H,2,11-13H2,1H3,(H2,23,26)/t14-,21-/m1/s1. The van der Waals surface area contributed by atoms with Gasteiger partial charge in [0.05, 0.1) is 6.61 Å². The fourth-order valence-corrected chi connectivity index (χ4v) is 3.35. The molecular formula is C21H23BrN2O4. The van der Waals surface area contributed by atoms with Gasteiger partial charge in [0.25, 0.3) is 0 Å². The molecule has 2 aromatic rings. The molecule has 0 bridgehead atoms. The summed E-state index contributed by atoms with van der Waals surface area (Å²) in [6, 6.07) is 15.0. The van der Waals surface area contributed by atoms with E-state index in [1.54, 1.807) is 0 Å². The third-order valence-corrected chi connectivity index (χ3v) is 5.28. The van der Waals surface area contributed by atoms with Gasteiger partial charge in [0.15, 0.2) is 5.54 Å². The van der Waals surface area contributed by atoms with Crippen LogP contribution >= 0.6 is 15.9 Å². The third kappa shape index (κ3) is 4.36. The molecule has 2 atom stereocenters. The van der Waals surface area contributed by atoms with Crippen molar-refractivity contribution < 1.29 is 19.4 Å². The highest BCUT2D eigenvalue weighted by Gasteiger charge is 2.49. The fraction of sp³-hybridized carbons (Fsp3) is 0.333. The predicted molar refractivity (Wildman–Crippen MR) is 110 cm³/mol. The van der Waals surface area contributed by atoms with E-state index in [-0.39, 0.29) is 6.61 Å². The summed E-state index contributed by atoms with van der Waals surface area (Å²) in [6.45, 7) is 2.35. The quantitative estimate of drug-likeness (QED) is 0.609. The molecule has 3 rings (SSSR count). The third-order valence-electron chi connectivity index (χ3n) is 4.75. The number of aliphatic hydroxyl groups is 1. The molecule has 0 radical (unpaired) electrons. The van der Waals surface area contributed by atoms with E-state index in [9.17, 15) is 4.79 Å². The normalized spacial score (nSPS) is 21.1. The number of hydrogen-bond donors (Lipinski definition) is 2. The molecule has 1 aliphatic rings. The number of hydrogen-bond acceptors (Lipinski definition) is 5. The SMILES string of the molecule is C[C@H]1OC(c2ccc(OCCCO)cc2)=N[C@@]1(Cc1ccc(Br)cc1)C(N)=O. The number of amides is 1. The van der Waals surface area contributed by atoms with E-state index in [0.29, 0.717) is 31.1 Å². The molecule has 0 aromatic heterocycles. The van der Waals surface area contributed by atoms with Crippen LogP contribution in [0.25, 0.3) is 0 Å². The van der Waals surface area contributed by atoms with Gasteiger partial charge in [-0.15, -0.1) is 0 Å². The summed E-state index contributed by atoms with van der Waals surface area (Å²) in [5.74, 6) is 0.576. The Balaban J connectivity index is 1.83. The average Bonchev–Trinajstić information content (AvgIpc) is 3.02. The van der Waals surface area contributed by atoms with Gasteiger partial charge in [0.2, 0.25) is 11.8 Å². The number of rotatable bonds is 8. The Morgan fingerprint density at radius 2 is 1.93 bits per heavy atom. The van der Waals surface area contributed by atoms with Gasteiger partial charge in [-0.05, 0) is 48.9 Å². The van der Waals surface area contributed by atoms with E-state index in [2.05, 4.69) is 20.9 Å². The largest absolute Gasteiger partial charge is 0.494 e. The molecule has 1 aliphatic heterocycles. The summed E-state index contributed by atoms with van der Waals surface area (Å²) in [5, 5.41) is 8.82. The van der Waals surface area contributed by atoms with Crippen LogP contribution in [0.3, 0.4) is 0 Å². The first-order chi connectivity index (χ1) is 13.4. The van der Waals surface area contributed by atoms with Gasteiger partial charge in [-0.3, -0.25) is 4.79 Å². The van der Waals surface area contributed by atoms with Crippen LogP contribution in [-0.4, -0.2) is 41.8 Å². The molecule has 0 saturated heterocycles. The first-order valence-electron chi connectivity index (χ1n) is 9.09. The van der Waals surface area contributed by atoms with Gasteiger partial charge >= 0.3 is 0 Å². The van der Waals surface area contributed by atoms with Crippen LogP contribution in [0.15, 0.2) is 58.0 Å². The minimum absolute atomic E-state index is 0.0915. The Labute approximate surface area is 172 Å². The summed E-state index contributed by atoms with van der Waals surface area (Å²) in [6.07, 6.45) is 0.457. The van der Waals surface area contributed by atoms with Crippen LogP contribution in [0.1, 0.15) is 24.5 Å². The molecule has 2 aromatic carbocycles. The van der Waals surface area contributed by atoms with Gasteiger partial charge in [-0.1, -0.05) is 28.1 Å². The molecule has 3 N–H and O–H groups in total. The maximum Gasteiger partial charge on any atom is 0.249 e. The van der Waals surface area contributed by atoms with Gasteiger partial charge in [0.1, 0.15) is 11.9 Å². The molecule has 1 amide bonds. The second-order valence-electron chi connectivity index (χ2n) is 6.72. The lowest BCUT2D eigenvalue weighted by Crippen LogP contribution is -2.50. The molecule has 1 heterocycles.